The highest BCUT2D eigenvalue weighted by Gasteiger charge is 2.15. The molecule has 0 amide bonds. The molecule has 1 saturated heterocycles. The van der Waals surface area contributed by atoms with Crippen molar-refractivity contribution < 1.29 is 28.7 Å². The molecule has 10 nitrogen and oxygen atoms in total. The van der Waals surface area contributed by atoms with E-state index in [1.54, 1.807) is 0 Å². The molecule has 0 bridgehead atoms. The summed E-state index contributed by atoms with van der Waals surface area (Å²) in [6, 6.07) is 0. The van der Waals surface area contributed by atoms with Gasteiger partial charge in [-0.05, 0) is 12.8 Å². The first kappa shape index (κ1) is 24.1. The summed E-state index contributed by atoms with van der Waals surface area (Å²) < 4.78 is 20.5. The van der Waals surface area contributed by atoms with E-state index in [2.05, 4.69) is 21.3 Å². The Labute approximate surface area is 143 Å². The van der Waals surface area contributed by atoms with Crippen LogP contribution in [0.1, 0.15) is 12.8 Å². The normalized spacial score (nSPS) is 18.7. The smallest absolute Gasteiger partial charge is 0.324 e. The molecule has 1 fully saturated rings. The van der Waals surface area contributed by atoms with E-state index < -0.39 is 15.2 Å². The molecule has 0 aromatic carbocycles. The van der Waals surface area contributed by atoms with Crippen molar-refractivity contribution in [2.45, 2.75) is 12.8 Å². The summed E-state index contributed by atoms with van der Waals surface area (Å²) in [5, 5.41) is 13.4. The standard InChI is InChI=1S/C8H20N4.C4H12O6P2/c1-2-10-5-6-12-8-7-11-4-3-9-1;5-11(6,7)3-1-2-4-12(8,9)10/h9-12H,1-8H2;1-4H2,(H2,5,6,7)(H2,8,9,10). The van der Waals surface area contributed by atoms with E-state index in [1.807, 2.05) is 0 Å². The molecular formula is C12H32N4O6P2. The zero-order valence-electron chi connectivity index (χ0n) is 14.0. The second kappa shape index (κ2) is 14.3. The summed E-state index contributed by atoms with van der Waals surface area (Å²) in [7, 11) is -8.00. The van der Waals surface area contributed by atoms with Gasteiger partial charge in [-0.2, -0.15) is 0 Å². The molecule has 1 heterocycles. The number of hydrogen-bond donors (Lipinski definition) is 8. The summed E-state index contributed by atoms with van der Waals surface area (Å²) in [5.41, 5.74) is 0. The van der Waals surface area contributed by atoms with Crippen molar-refractivity contribution in [1.29, 1.82) is 0 Å². The minimum atomic E-state index is -4.00. The maximum atomic E-state index is 10.3. The van der Waals surface area contributed by atoms with Gasteiger partial charge in [0.05, 0.1) is 0 Å². The van der Waals surface area contributed by atoms with Gasteiger partial charge >= 0.3 is 15.2 Å². The number of unbranched alkanes of at least 4 members (excludes halogenated alkanes) is 1. The van der Waals surface area contributed by atoms with Gasteiger partial charge in [-0.3, -0.25) is 9.13 Å². The van der Waals surface area contributed by atoms with Crippen molar-refractivity contribution in [2.75, 3.05) is 64.7 Å². The molecule has 146 valence electrons. The Kier molecular flexibility index (Phi) is 14.4. The Hall–Kier alpha value is 0.140. The van der Waals surface area contributed by atoms with Crippen molar-refractivity contribution in [2.24, 2.45) is 0 Å². The third-order valence-electron chi connectivity index (χ3n) is 3.06. The molecule has 1 aliphatic rings. The summed E-state index contributed by atoms with van der Waals surface area (Å²) in [6.07, 6.45) is -0.356. The lowest BCUT2D eigenvalue weighted by atomic mass is 10.4. The van der Waals surface area contributed by atoms with Crippen molar-refractivity contribution in [3.63, 3.8) is 0 Å². The molecule has 0 radical (unpaired) electrons. The summed E-state index contributed by atoms with van der Waals surface area (Å²) in [5.74, 6) is 0. The van der Waals surface area contributed by atoms with Gasteiger partial charge in [0.25, 0.3) is 0 Å². The predicted octanol–water partition coefficient (Wildman–Crippen LogP) is -1.52. The van der Waals surface area contributed by atoms with E-state index in [9.17, 15) is 9.13 Å². The van der Waals surface area contributed by atoms with E-state index in [0.717, 1.165) is 52.4 Å². The average Bonchev–Trinajstić information content (AvgIpc) is 2.43. The van der Waals surface area contributed by atoms with Crippen LogP contribution in [0.15, 0.2) is 0 Å². The van der Waals surface area contributed by atoms with Gasteiger partial charge in [-0.15, -0.1) is 0 Å². The minimum absolute atomic E-state index is 0.134. The lowest BCUT2D eigenvalue weighted by Gasteiger charge is -2.11. The average molecular weight is 390 g/mol. The Morgan fingerprint density at radius 1 is 0.542 bits per heavy atom. The number of rotatable bonds is 5. The molecule has 12 heteroatoms. The lowest BCUT2D eigenvalue weighted by Crippen LogP contribution is -2.39. The third-order valence-corrected chi connectivity index (χ3v) is 4.86. The van der Waals surface area contributed by atoms with E-state index >= 15 is 0 Å². The Balaban J connectivity index is 0.000000441. The molecule has 0 spiro atoms. The molecule has 0 aromatic heterocycles. The monoisotopic (exact) mass is 390 g/mol. The molecular weight excluding hydrogens is 358 g/mol. The van der Waals surface area contributed by atoms with Crippen molar-refractivity contribution in [3.8, 4) is 0 Å². The predicted molar refractivity (Wildman–Crippen MR) is 94.5 cm³/mol. The molecule has 1 rings (SSSR count). The molecule has 0 saturated carbocycles. The summed E-state index contributed by atoms with van der Waals surface area (Å²) in [4.78, 5) is 33.5. The van der Waals surface area contributed by atoms with Crippen LogP contribution in [0.5, 0.6) is 0 Å². The molecule has 0 unspecified atom stereocenters. The first-order chi connectivity index (χ1) is 11.2. The fourth-order valence-electron chi connectivity index (χ4n) is 1.84. The van der Waals surface area contributed by atoms with Crippen LogP contribution in [0.2, 0.25) is 0 Å². The van der Waals surface area contributed by atoms with Gasteiger partial charge in [-0.1, -0.05) is 0 Å². The zero-order chi connectivity index (χ0) is 18.3. The fraction of sp³-hybridized carbons (Fsp3) is 1.00. The van der Waals surface area contributed by atoms with Crippen LogP contribution >= 0.6 is 15.2 Å². The highest BCUT2D eigenvalue weighted by atomic mass is 31.2. The van der Waals surface area contributed by atoms with Gasteiger partial charge in [0.1, 0.15) is 0 Å². The number of nitrogens with one attached hydrogen (secondary N) is 4. The van der Waals surface area contributed by atoms with Crippen LogP contribution in [-0.2, 0) is 9.13 Å². The van der Waals surface area contributed by atoms with E-state index in [4.69, 9.17) is 19.6 Å². The number of hydrogen-bond acceptors (Lipinski definition) is 6. The summed E-state index contributed by atoms with van der Waals surface area (Å²) in [6.45, 7) is 8.57. The minimum Gasteiger partial charge on any atom is -0.324 e. The van der Waals surface area contributed by atoms with Gasteiger partial charge in [0.2, 0.25) is 0 Å². The van der Waals surface area contributed by atoms with Gasteiger partial charge < -0.3 is 40.8 Å². The van der Waals surface area contributed by atoms with Crippen LogP contribution in [0, 0.1) is 0 Å². The summed E-state index contributed by atoms with van der Waals surface area (Å²) >= 11 is 0. The van der Waals surface area contributed by atoms with Crippen molar-refractivity contribution >= 4 is 15.2 Å². The van der Waals surface area contributed by atoms with Gasteiger partial charge in [-0.25, -0.2) is 0 Å². The topological polar surface area (TPSA) is 163 Å². The highest BCUT2D eigenvalue weighted by Crippen LogP contribution is 2.38. The third kappa shape index (κ3) is 22.1. The lowest BCUT2D eigenvalue weighted by molar-refractivity contribution is 0.364. The largest absolute Gasteiger partial charge is 0.325 e. The molecule has 0 aromatic rings. The van der Waals surface area contributed by atoms with Crippen LogP contribution in [0.3, 0.4) is 0 Å². The quantitative estimate of drug-likeness (QED) is 0.204. The van der Waals surface area contributed by atoms with E-state index in [-0.39, 0.29) is 25.2 Å². The molecule has 0 atom stereocenters. The van der Waals surface area contributed by atoms with Crippen LogP contribution in [0.25, 0.3) is 0 Å². The SMILES string of the molecule is C1CNCCNCCNCCN1.O=P(O)(O)CCCCP(=O)(O)O. The second-order valence-corrected chi connectivity index (χ2v) is 9.04. The Morgan fingerprint density at radius 3 is 0.917 bits per heavy atom. The van der Waals surface area contributed by atoms with Crippen LogP contribution < -0.4 is 21.3 Å². The van der Waals surface area contributed by atoms with Gasteiger partial charge in [0.15, 0.2) is 0 Å². The van der Waals surface area contributed by atoms with Crippen LogP contribution in [0.4, 0.5) is 0 Å². The fourth-order valence-corrected chi connectivity index (χ4v) is 3.11. The first-order valence-electron chi connectivity index (χ1n) is 8.13. The maximum absolute atomic E-state index is 10.3. The van der Waals surface area contributed by atoms with Crippen molar-refractivity contribution in [1.82, 2.24) is 21.3 Å². The first-order valence-corrected chi connectivity index (χ1v) is 11.7. The Bertz CT molecular complexity index is 323. The molecule has 24 heavy (non-hydrogen) atoms. The van der Waals surface area contributed by atoms with Gasteiger partial charge in [0, 0.05) is 64.7 Å². The van der Waals surface area contributed by atoms with E-state index in [0.29, 0.717) is 0 Å². The zero-order valence-corrected chi connectivity index (χ0v) is 15.8. The second-order valence-electron chi connectivity index (χ2n) is 5.48. The maximum Gasteiger partial charge on any atom is 0.325 e. The highest BCUT2D eigenvalue weighted by molar-refractivity contribution is 7.52. The van der Waals surface area contributed by atoms with Crippen LogP contribution in [-0.4, -0.2) is 84.3 Å². The Morgan fingerprint density at radius 2 is 0.750 bits per heavy atom. The van der Waals surface area contributed by atoms with E-state index in [1.165, 1.54) is 0 Å². The molecule has 8 N–H and O–H groups in total. The van der Waals surface area contributed by atoms with Crippen molar-refractivity contribution in [3.05, 3.63) is 0 Å². The molecule has 0 aliphatic carbocycles. The molecule has 1 aliphatic heterocycles.